The van der Waals surface area contributed by atoms with Crippen molar-refractivity contribution in [2.24, 2.45) is 0 Å². The smallest absolute Gasteiger partial charge is 0.475 e. The van der Waals surface area contributed by atoms with Crippen LogP contribution in [0, 0.1) is 0 Å². The third-order valence-corrected chi connectivity index (χ3v) is 0.926. The Kier molecular flexibility index (Phi) is 2.59. The first-order valence-electron chi connectivity index (χ1n) is 2.00. The highest BCUT2D eigenvalue weighted by molar-refractivity contribution is 7.46. The second-order valence-corrected chi connectivity index (χ2v) is 2.47. The quantitative estimate of drug-likeness (QED) is 0.232. The molecule has 0 aliphatic heterocycles. The van der Waals surface area contributed by atoms with Gasteiger partial charge in [0.15, 0.2) is 0 Å². The maximum absolute atomic E-state index is 9.89. The van der Waals surface area contributed by atoms with Crippen LogP contribution in [0.2, 0.25) is 0 Å². The molecule has 0 fully saturated rings. The van der Waals surface area contributed by atoms with Gasteiger partial charge in [-0.15, -0.1) is 0 Å². The van der Waals surface area contributed by atoms with Crippen LogP contribution in [0.5, 0.6) is 0 Å². The van der Waals surface area contributed by atoms with Gasteiger partial charge >= 0.3 is 13.8 Å². The molecule has 0 saturated heterocycles. The summed E-state index contributed by atoms with van der Waals surface area (Å²) < 4.78 is 13.5. The number of phosphoric acid groups is 1. The van der Waals surface area contributed by atoms with E-state index in [0.717, 1.165) is 0 Å². The van der Waals surface area contributed by atoms with Crippen molar-refractivity contribution in [1.82, 2.24) is 0 Å². The fourth-order valence-corrected chi connectivity index (χ4v) is 0.548. The molecule has 10 heavy (non-hydrogen) atoms. The normalized spacial score (nSPS) is 10.6. The van der Waals surface area contributed by atoms with E-state index in [-0.39, 0.29) is 0 Å². The Bertz CT molecular complexity index is 201. The van der Waals surface area contributed by atoms with Crippen LogP contribution in [0.25, 0.3) is 0 Å². The summed E-state index contributed by atoms with van der Waals surface area (Å²) in [4.78, 5) is 25.8. The fraction of sp³-hybridized carbons (Fsp3) is 0. The first kappa shape index (κ1) is 9.16. The molecule has 0 saturated carbocycles. The minimum absolute atomic E-state index is 0.978. The molecule has 0 atom stereocenters. The zero-order chi connectivity index (χ0) is 8.36. The minimum Gasteiger partial charge on any atom is -0.475 e. The molecule has 0 spiro atoms. The van der Waals surface area contributed by atoms with Crippen molar-refractivity contribution in [3.05, 3.63) is 12.3 Å². The standard InChI is InChI=1S/C3H5O6P/c1-2(3(4)5)9-10(6,7)8/h1H2,(H,4,5)(H2,6,7,8)/i3+1. The molecule has 0 radical (unpaired) electrons. The average Bonchev–Trinajstić information content (AvgIpc) is 1.60. The topological polar surface area (TPSA) is 104 Å². The van der Waals surface area contributed by atoms with Gasteiger partial charge < -0.3 is 9.63 Å². The monoisotopic (exact) mass is 169 g/mol. The number of carboxylic acid groups (broad SMARTS) is 1. The molecule has 0 bridgehead atoms. The third-order valence-electron chi connectivity index (χ3n) is 0.468. The van der Waals surface area contributed by atoms with Gasteiger partial charge in [0, 0.05) is 0 Å². The van der Waals surface area contributed by atoms with Crippen molar-refractivity contribution in [2.75, 3.05) is 0 Å². The summed E-state index contributed by atoms with van der Waals surface area (Å²) in [6.07, 6.45) is 0. The van der Waals surface area contributed by atoms with Crippen molar-refractivity contribution in [1.29, 1.82) is 0 Å². The number of phosphoric ester groups is 1. The summed E-state index contributed by atoms with van der Waals surface area (Å²) in [6.45, 7) is 2.73. The lowest BCUT2D eigenvalue weighted by molar-refractivity contribution is -0.135. The van der Waals surface area contributed by atoms with E-state index in [0.29, 0.717) is 0 Å². The lowest BCUT2D eigenvalue weighted by Crippen LogP contribution is -2.01. The number of rotatable bonds is 3. The molecule has 0 unspecified atom stereocenters. The Labute approximate surface area is 56.0 Å². The maximum Gasteiger partial charge on any atom is 0.525 e. The van der Waals surface area contributed by atoms with E-state index in [4.69, 9.17) is 14.9 Å². The molecular formula is C3H5O6P. The zero-order valence-electron chi connectivity index (χ0n) is 4.72. The molecule has 0 aromatic heterocycles. The Hall–Kier alpha value is -0.840. The van der Waals surface area contributed by atoms with Crippen LogP contribution in [0.15, 0.2) is 12.3 Å². The van der Waals surface area contributed by atoms with E-state index in [1.165, 1.54) is 0 Å². The van der Waals surface area contributed by atoms with Crippen molar-refractivity contribution in [3.63, 3.8) is 0 Å². The predicted octanol–water partition coefficient (Wildman–Crippen LogP) is -0.306. The van der Waals surface area contributed by atoms with Gasteiger partial charge in [0.1, 0.15) is 0 Å². The molecule has 0 heterocycles. The van der Waals surface area contributed by atoms with E-state index in [9.17, 15) is 9.36 Å². The molecule has 3 N–H and O–H groups in total. The lowest BCUT2D eigenvalue weighted by Gasteiger charge is -2.03. The highest BCUT2D eigenvalue weighted by Gasteiger charge is 2.19. The van der Waals surface area contributed by atoms with Crippen molar-refractivity contribution in [3.8, 4) is 0 Å². The highest BCUT2D eigenvalue weighted by Crippen LogP contribution is 2.38. The highest BCUT2D eigenvalue weighted by atomic mass is 31.2. The SMILES string of the molecule is C=C(OP(=O)(O)O)[13C](=O)O. The summed E-state index contributed by atoms with van der Waals surface area (Å²) >= 11 is 0. The zero-order valence-corrected chi connectivity index (χ0v) is 5.62. The Morgan fingerprint density at radius 2 is 1.90 bits per heavy atom. The van der Waals surface area contributed by atoms with Gasteiger partial charge in [-0.1, -0.05) is 0 Å². The molecule has 7 heteroatoms. The molecular weight excluding hydrogens is 164 g/mol. The third kappa shape index (κ3) is 4.08. The summed E-state index contributed by atoms with van der Waals surface area (Å²) in [5.74, 6) is -2.59. The molecule has 0 aliphatic carbocycles. The van der Waals surface area contributed by atoms with Crippen molar-refractivity contribution >= 4 is 13.8 Å². The summed E-state index contributed by atoms with van der Waals surface area (Å²) in [7, 11) is -4.76. The van der Waals surface area contributed by atoms with Crippen LogP contribution in [0.4, 0.5) is 0 Å². The van der Waals surface area contributed by atoms with Gasteiger partial charge in [-0.25, -0.2) is 9.36 Å². The van der Waals surface area contributed by atoms with Gasteiger partial charge in [-0.2, -0.15) is 0 Å². The van der Waals surface area contributed by atoms with Gasteiger partial charge in [-0.05, 0) is 6.58 Å². The Morgan fingerprint density at radius 1 is 1.50 bits per heavy atom. The number of hydrogen-bond acceptors (Lipinski definition) is 3. The maximum atomic E-state index is 9.89. The van der Waals surface area contributed by atoms with Crippen molar-refractivity contribution in [2.45, 2.75) is 0 Å². The first-order chi connectivity index (χ1) is 4.33. The molecule has 0 aliphatic rings. The van der Waals surface area contributed by atoms with Crippen LogP contribution in [0.1, 0.15) is 0 Å². The molecule has 0 amide bonds. The van der Waals surface area contributed by atoms with E-state index in [1.54, 1.807) is 0 Å². The number of carboxylic acids is 1. The van der Waals surface area contributed by atoms with Crippen LogP contribution >= 0.6 is 7.82 Å². The van der Waals surface area contributed by atoms with Crippen LogP contribution < -0.4 is 0 Å². The van der Waals surface area contributed by atoms with Crippen LogP contribution in [0.3, 0.4) is 0 Å². The van der Waals surface area contributed by atoms with Crippen LogP contribution in [-0.2, 0) is 13.9 Å². The summed E-state index contributed by atoms with van der Waals surface area (Å²) in [5, 5.41) is 7.98. The number of carbonyl (C=O) groups is 1. The van der Waals surface area contributed by atoms with E-state index >= 15 is 0 Å². The summed E-state index contributed by atoms with van der Waals surface area (Å²) in [6, 6.07) is 0. The van der Waals surface area contributed by atoms with E-state index < -0.39 is 19.6 Å². The molecule has 0 aromatic carbocycles. The molecule has 0 aromatic rings. The number of aliphatic carboxylic acids is 1. The minimum atomic E-state index is -4.76. The second-order valence-electron chi connectivity index (χ2n) is 1.31. The molecule has 6 nitrogen and oxygen atoms in total. The van der Waals surface area contributed by atoms with Gasteiger partial charge in [0.05, 0.1) is 0 Å². The van der Waals surface area contributed by atoms with Gasteiger partial charge in [-0.3, -0.25) is 9.79 Å². The van der Waals surface area contributed by atoms with Gasteiger partial charge in [0.2, 0.25) is 5.76 Å². The molecule has 0 rings (SSSR count). The van der Waals surface area contributed by atoms with Crippen LogP contribution in [-0.4, -0.2) is 20.9 Å². The lowest BCUT2D eigenvalue weighted by atomic mass is 10.8. The largest absolute Gasteiger partial charge is 0.525 e. The Morgan fingerprint density at radius 3 is 2.00 bits per heavy atom. The van der Waals surface area contributed by atoms with Crippen molar-refractivity contribution < 1.29 is 28.8 Å². The average molecular weight is 169 g/mol. The second kappa shape index (κ2) is 2.83. The number of hydrogen-bond donors (Lipinski definition) is 3. The summed E-state index contributed by atoms with van der Waals surface area (Å²) in [5.41, 5.74) is 0. The fourth-order valence-electron chi connectivity index (χ4n) is 0.183. The first-order valence-corrected chi connectivity index (χ1v) is 3.53. The predicted molar refractivity (Wildman–Crippen MR) is 29.9 cm³/mol. The van der Waals surface area contributed by atoms with Gasteiger partial charge in [0.25, 0.3) is 0 Å². The van der Waals surface area contributed by atoms with E-state index in [2.05, 4.69) is 11.1 Å². The Balaban J connectivity index is 4.07. The van der Waals surface area contributed by atoms with E-state index in [1.807, 2.05) is 0 Å². The molecule has 58 valence electrons.